The maximum absolute atomic E-state index is 5.98. The quantitative estimate of drug-likeness (QED) is 0.755. The van der Waals surface area contributed by atoms with Crippen LogP contribution in [-0.2, 0) is 9.47 Å². The molecule has 0 radical (unpaired) electrons. The summed E-state index contributed by atoms with van der Waals surface area (Å²) in [5.74, 6) is 0. The number of ether oxygens (including phenoxy) is 2. The summed E-state index contributed by atoms with van der Waals surface area (Å²) < 4.78 is 11.8. The summed E-state index contributed by atoms with van der Waals surface area (Å²) >= 11 is 0. The molecule has 0 aliphatic rings. The summed E-state index contributed by atoms with van der Waals surface area (Å²) in [4.78, 5) is 2.13. The number of hydrogen-bond donors (Lipinski definition) is 0. The molecule has 1 unspecified atom stereocenters. The van der Waals surface area contributed by atoms with Crippen molar-refractivity contribution in [2.24, 2.45) is 0 Å². The van der Waals surface area contributed by atoms with E-state index in [2.05, 4.69) is 60.5 Å². The van der Waals surface area contributed by atoms with Gasteiger partial charge in [-0.15, -0.1) is 0 Å². The normalized spacial score (nSPS) is 14.2. The molecule has 0 fully saturated rings. The van der Waals surface area contributed by atoms with Gasteiger partial charge in [-0.25, -0.2) is 0 Å². The average Bonchev–Trinajstić information content (AvgIpc) is 2.13. The summed E-state index contributed by atoms with van der Waals surface area (Å²) in [6, 6.07) is 0. The number of rotatable bonds is 5. The monoisotopic (exact) mass is 261 g/mol. The summed E-state index contributed by atoms with van der Waals surface area (Å²) in [6.45, 7) is 17.9. The van der Waals surface area contributed by atoms with Crippen molar-refractivity contribution in [3.05, 3.63) is 0 Å². The van der Waals surface area contributed by atoms with Crippen LogP contribution in [0.2, 0.25) is 0 Å². The number of likely N-dealkylation sites (N-methyl/N-ethyl adjacent to an activating group) is 1. The summed E-state index contributed by atoms with van der Waals surface area (Å²) in [5.41, 5.74) is -0.228. The Morgan fingerprint density at radius 3 is 1.61 bits per heavy atom. The minimum atomic E-state index is -0.123. The predicted octanol–water partition coefficient (Wildman–Crippen LogP) is 3.57. The van der Waals surface area contributed by atoms with Crippen LogP contribution < -0.4 is 0 Å². The molecule has 112 valence electrons. The minimum absolute atomic E-state index is 0.105. The first-order valence-corrected chi connectivity index (χ1v) is 6.96. The van der Waals surface area contributed by atoms with Crippen LogP contribution in [0.1, 0.15) is 55.4 Å². The Morgan fingerprint density at radius 2 is 1.33 bits per heavy atom. The lowest BCUT2D eigenvalue weighted by Crippen LogP contribution is -2.39. The molecule has 0 aromatic rings. The Balaban J connectivity index is 0. The highest BCUT2D eigenvalue weighted by atomic mass is 16.6. The molecule has 0 aromatic heterocycles. The van der Waals surface area contributed by atoms with Gasteiger partial charge in [-0.1, -0.05) is 13.8 Å². The van der Waals surface area contributed by atoms with E-state index in [1.54, 1.807) is 0 Å². The molecule has 3 heteroatoms. The van der Waals surface area contributed by atoms with Crippen LogP contribution >= 0.6 is 0 Å². The van der Waals surface area contributed by atoms with Gasteiger partial charge in [-0.3, -0.25) is 0 Å². The molecule has 3 nitrogen and oxygen atoms in total. The standard InChI is InChI=1S/C13H29NO2.C2H6/c1-12(2,3)15-10-11(9-14(7)8)16-13(4,5)6;1-2/h11H,9-10H2,1-8H3;1-2H3. The highest BCUT2D eigenvalue weighted by molar-refractivity contribution is 4.70. The van der Waals surface area contributed by atoms with E-state index in [0.29, 0.717) is 6.61 Å². The van der Waals surface area contributed by atoms with Crippen molar-refractivity contribution in [3.8, 4) is 0 Å². The second kappa shape index (κ2) is 8.89. The molecule has 0 bridgehead atoms. The van der Waals surface area contributed by atoms with E-state index < -0.39 is 0 Å². The highest BCUT2D eigenvalue weighted by Gasteiger charge is 2.22. The predicted molar refractivity (Wildman–Crippen MR) is 80.2 cm³/mol. The van der Waals surface area contributed by atoms with Gasteiger partial charge in [-0.05, 0) is 55.6 Å². The maximum Gasteiger partial charge on any atom is 0.0942 e. The highest BCUT2D eigenvalue weighted by Crippen LogP contribution is 2.14. The lowest BCUT2D eigenvalue weighted by Gasteiger charge is -2.31. The van der Waals surface area contributed by atoms with Crippen LogP contribution in [-0.4, -0.2) is 49.5 Å². The van der Waals surface area contributed by atoms with Gasteiger partial charge >= 0.3 is 0 Å². The van der Waals surface area contributed by atoms with Crippen LogP contribution in [0.25, 0.3) is 0 Å². The van der Waals surface area contributed by atoms with Gasteiger partial charge in [0.05, 0.1) is 23.9 Å². The molecule has 0 saturated heterocycles. The van der Waals surface area contributed by atoms with Gasteiger partial charge in [0.1, 0.15) is 0 Å². The van der Waals surface area contributed by atoms with Crippen molar-refractivity contribution in [2.45, 2.75) is 72.7 Å². The van der Waals surface area contributed by atoms with Crippen molar-refractivity contribution in [1.82, 2.24) is 4.90 Å². The molecule has 0 aliphatic heterocycles. The van der Waals surface area contributed by atoms with Crippen LogP contribution in [0, 0.1) is 0 Å². The fourth-order valence-corrected chi connectivity index (χ4v) is 1.37. The number of hydrogen-bond acceptors (Lipinski definition) is 3. The molecule has 0 aliphatic carbocycles. The van der Waals surface area contributed by atoms with Gasteiger partial charge in [-0.2, -0.15) is 0 Å². The van der Waals surface area contributed by atoms with E-state index in [4.69, 9.17) is 9.47 Å². The Kier molecular flexibility index (Phi) is 9.98. The average molecular weight is 261 g/mol. The second-order valence-corrected chi connectivity index (χ2v) is 6.54. The Hall–Kier alpha value is -0.120. The Morgan fingerprint density at radius 1 is 0.889 bits per heavy atom. The van der Waals surface area contributed by atoms with Crippen LogP contribution in [0.15, 0.2) is 0 Å². The van der Waals surface area contributed by atoms with E-state index in [1.807, 2.05) is 13.8 Å². The molecule has 0 heterocycles. The molecule has 1 atom stereocenters. The molecular weight excluding hydrogens is 226 g/mol. The molecular formula is C15H35NO2. The van der Waals surface area contributed by atoms with Crippen molar-refractivity contribution in [1.29, 1.82) is 0 Å². The first kappa shape index (κ1) is 20.2. The van der Waals surface area contributed by atoms with E-state index in [0.717, 1.165) is 6.54 Å². The molecule has 0 saturated carbocycles. The van der Waals surface area contributed by atoms with Crippen molar-refractivity contribution >= 4 is 0 Å². The molecule has 0 aromatic carbocycles. The van der Waals surface area contributed by atoms with E-state index in [9.17, 15) is 0 Å². The fraction of sp³-hybridized carbons (Fsp3) is 1.00. The van der Waals surface area contributed by atoms with Gasteiger partial charge in [0.2, 0.25) is 0 Å². The number of nitrogens with zero attached hydrogens (tertiary/aromatic N) is 1. The first-order valence-electron chi connectivity index (χ1n) is 6.96. The minimum Gasteiger partial charge on any atom is -0.373 e. The second-order valence-electron chi connectivity index (χ2n) is 6.54. The summed E-state index contributed by atoms with van der Waals surface area (Å²) in [6.07, 6.45) is 0.120. The SMILES string of the molecule is CC.CN(C)CC(COC(C)(C)C)OC(C)(C)C. The third kappa shape index (κ3) is 15.9. The lowest BCUT2D eigenvalue weighted by atomic mass is 10.1. The van der Waals surface area contributed by atoms with E-state index >= 15 is 0 Å². The van der Waals surface area contributed by atoms with Crippen LogP contribution in [0.3, 0.4) is 0 Å². The lowest BCUT2D eigenvalue weighted by molar-refractivity contribution is -0.124. The fourth-order valence-electron chi connectivity index (χ4n) is 1.37. The third-order valence-corrected chi connectivity index (χ3v) is 1.79. The topological polar surface area (TPSA) is 21.7 Å². The van der Waals surface area contributed by atoms with E-state index in [1.165, 1.54) is 0 Å². The van der Waals surface area contributed by atoms with Crippen LogP contribution in [0.4, 0.5) is 0 Å². The smallest absolute Gasteiger partial charge is 0.0942 e. The van der Waals surface area contributed by atoms with Crippen molar-refractivity contribution < 1.29 is 9.47 Å². The molecule has 0 amide bonds. The van der Waals surface area contributed by atoms with Gasteiger partial charge in [0.25, 0.3) is 0 Å². The largest absolute Gasteiger partial charge is 0.373 e. The molecule has 0 rings (SSSR count). The summed E-state index contributed by atoms with van der Waals surface area (Å²) in [7, 11) is 4.10. The van der Waals surface area contributed by atoms with E-state index in [-0.39, 0.29) is 17.3 Å². The zero-order chi connectivity index (χ0) is 15.0. The molecule has 0 spiro atoms. The maximum atomic E-state index is 5.98. The van der Waals surface area contributed by atoms with Crippen LogP contribution in [0.5, 0.6) is 0 Å². The first-order chi connectivity index (χ1) is 7.99. The molecule has 18 heavy (non-hydrogen) atoms. The Bertz CT molecular complexity index is 190. The molecule has 0 N–H and O–H groups in total. The van der Waals surface area contributed by atoms with Crippen molar-refractivity contribution in [3.63, 3.8) is 0 Å². The zero-order valence-electron chi connectivity index (χ0n) is 14.3. The van der Waals surface area contributed by atoms with Gasteiger partial charge in [0, 0.05) is 6.54 Å². The van der Waals surface area contributed by atoms with Gasteiger partial charge in [0.15, 0.2) is 0 Å². The Labute approximate surface area is 115 Å². The zero-order valence-corrected chi connectivity index (χ0v) is 14.3. The third-order valence-electron chi connectivity index (χ3n) is 1.79. The van der Waals surface area contributed by atoms with Crippen molar-refractivity contribution in [2.75, 3.05) is 27.2 Å². The van der Waals surface area contributed by atoms with Gasteiger partial charge < -0.3 is 14.4 Å². The summed E-state index contributed by atoms with van der Waals surface area (Å²) in [5, 5.41) is 0.